The molecule has 0 aliphatic heterocycles. The number of benzene rings is 2. The Kier molecular flexibility index (Phi) is 3.37. The lowest BCUT2D eigenvalue weighted by Crippen LogP contribution is -2.22. The zero-order chi connectivity index (χ0) is 14.0. The van der Waals surface area contributed by atoms with Gasteiger partial charge in [0, 0.05) is 17.2 Å². The van der Waals surface area contributed by atoms with Gasteiger partial charge in [0.15, 0.2) is 0 Å². The second-order valence-corrected chi connectivity index (χ2v) is 3.89. The summed E-state index contributed by atoms with van der Waals surface area (Å²) in [6.07, 6.45) is 0. The Balaban J connectivity index is 2.37. The van der Waals surface area contributed by atoms with Crippen molar-refractivity contribution in [3.05, 3.63) is 59.7 Å². The molecule has 2 N–H and O–H groups in total. The van der Waals surface area contributed by atoms with Crippen LogP contribution in [0.5, 0.6) is 0 Å². The standard InChI is InChI=1S/C14H9F2NO2/c15-10-5-6-11(12(16)7-10)8-1-3-9(4-2-8)13(18)14(17)19/h1-7H,(H2,17,19). The number of Topliss-reactive ketones (excluding diaryl/α,β-unsaturated/α-hetero) is 1. The van der Waals surface area contributed by atoms with E-state index in [4.69, 9.17) is 5.73 Å². The van der Waals surface area contributed by atoms with Gasteiger partial charge in [-0.25, -0.2) is 8.78 Å². The van der Waals surface area contributed by atoms with Crippen LogP contribution in [0.15, 0.2) is 42.5 Å². The first-order chi connectivity index (χ1) is 8.99. The molecular weight excluding hydrogens is 252 g/mol. The van der Waals surface area contributed by atoms with Crippen molar-refractivity contribution in [2.45, 2.75) is 0 Å². The third-order valence-electron chi connectivity index (χ3n) is 2.61. The Morgan fingerprint density at radius 2 is 1.58 bits per heavy atom. The second-order valence-electron chi connectivity index (χ2n) is 3.89. The minimum Gasteiger partial charge on any atom is -0.363 e. The molecule has 2 aromatic carbocycles. The molecule has 2 rings (SSSR count). The highest BCUT2D eigenvalue weighted by Gasteiger charge is 2.12. The average molecular weight is 261 g/mol. The van der Waals surface area contributed by atoms with Crippen molar-refractivity contribution in [1.82, 2.24) is 0 Å². The van der Waals surface area contributed by atoms with Crippen molar-refractivity contribution >= 4 is 11.7 Å². The number of nitrogens with two attached hydrogens (primary N) is 1. The fourth-order valence-corrected chi connectivity index (χ4v) is 1.67. The number of hydrogen-bond acceptors (Lipinski definition) is 2. The first-order valence-corrected chi connectivity index (χ1v) is 5.38. The molecule has 0 heterocycles. The average Bonchev–Trinajstić information content (AvgIpc) is 2.38. The smallest absolute Gasteiger partial charge is 0.289 e. The number of primary amides is 1. The maximum absolute atomic E-state index is 13.5. The molecule has 0 unspecified atom stereocenters. The van der Waals surface area contributed by atoms with Crippen LogP contribution in [-0.2, 0) is 4.79 Å². The summed E-state index contributed by atoms with van der Waals surface area (Å²) < 4.78 is 26.3. The van der Waals surface area contributed by atoms with Gasteiger partial charge in [-0.3, -0.25) is 9.59 Å². The van der Waals surface area contributed by atoms with Crippen LogP contribution in [0.3, 0.4) is 0 Å². The molecule has 0 radical (unpaired) electrons. The van der Waals surface area contributed by atoms with E-state index in [1.54, 1.807) is 0 Å². The molecule has 3 nitrogen and oxygen atoms in total. The Hall–Kier alpha value is -2.56. The topological polar surface area (TPSA) is 60.2 Å². The fourth-order valence-electron chi connectivity index (χ4n) is 1.67. The van der Waals surface area contributed by atoms with Crippen LogP contribution in [0.1, 0.15) is 10.4 Å². The van der Waals surface area contributed by atoms with E-state index in [2.05, 4.69) is 0 Å². The summed E-state index contributed by atoms with van der Waals surface area (Å²) in [5, 5.41) is 0. The zero-order valence-electron chi connectivity index (χ0n) is 9.69. The number of carbonyl (C=O) groups is 2. The molecule has 5 heteroatoms. The molecular formula is C14H9F2NO2. The number of rotatable bonds is 3. The largest absolute Gasteiger partial charge is 0.363 e. The zero-order valence-corrected chi connectivity index (χ0v) is 9.69. The maximum Gasteiger partial charge on any atom is 0.289 e. The lowest BCUT2D eigenvalue weighted by Gasteiger charge is -2.04. The first kappa shape index (κ1) is 12.9. The minimum absolute atomic E-state index is 0.124. The van der Waals surface area contributed by atoms with Crippen LogP contribution in [0.4, 0.5) is 8.78 Å². The van der Waals surface area contributed by atoms with E-state index in [0.29, 0.717) is 5.56 Å². The maximum atomic E-state index is 13.5. The van der Waals surface area contributed by atoms with E-state index in [1.165, 1.54) is 30.3 Å². The molecule has 0 spiro atoms. The van der Waals surface area contributed by atoms with Crippen molar-refractivity contribution in [2.24, 2.45) is 5.73 Å². The summed E-state index contributed by atoms with van der Waals surface area (Å²) in [4.78, 5) is 22.0. The number of carbonyl (C=O) groups excluding carboxylic acids is 2. The number of amides is 1. The first-order valence-electron chi connectivity index (χ1n) is 5.38. The SMILES string of the molecule is NC(=O)C(=O)c1ccc(-c2ccc(F)cc2F)cc1. The molecule has 0 saturated carbocycles. The van der Waals surface area contributed by atoms with Crippen LogP contribution >= 0.6 is 0 Å². The molecule has 1 amide bonds. The Morgan fingerprint density at radius 1 is 0.947 bits per heavy atom. The van der Waals surface area contributed by atoms with E-state index in [1.807, 2.05) is 0 Å². The third kappa shape index (κ3) is 2.65. The Labute approximate surface area is 107 Å². The number of ketones is 1. The van der Waals surface area contributed by atoms with Crippen molar-refractivity contribution in [1.29, 1.82) is 0 Å². The number of halogens is 2. The predicted molar refractivity (Wildman–Crippen MR) is 65.3 cm³/mol. The highest BCUT2D eigenvalue weighted by molar-refractivity contribution is 6.42. The summed E-state index contributed by atoms with van der Waals surface area (Å²) in [5.41, 5.74) is 5.67. The quantitative estimate of drug-likeness (QED) is 0.680. The van der Waals surface area contributed by atoms with Crippen LogP contribution in [0.25, 0.3) is 11.1 Å². The molecule has 0 atom stereocenters. The van der Waals surface area contributed by atoms with Crippen LogP contribution in [0.2, 0.25) is 0 Å². The Morgan fingerprint density at radius 3 is 2.11 bits per heavy atom. The van der Waals surface area contributed by atoms with Crippen LogP contribution < -0.4 is 5.73 Å². The van der Waals surface area contributed by atoms with Gasteiger partial charge in [-0.2, -0.15) is 0 Å². The minimum atomic E-state index is -1.05. The molecule has 0 aliphatic rings. The molecule has 19 heavy (non-hydrogen) atoms. The van der Waals surface area contributed by atoms with Gasteiger partial charge in [-0.15, -0.1) is 0 Å². The predicted octanol–water partition coefficient (Wildman–Crippen LogP) is 2.30. The highest BCUT2D eigenvalue weighted by atomic mass is 19.1. The molecule has 0 saturated heterocycles. The van der Waals surface area contributed by atoms with E-state index < -0.39 is 23.3 Å². The van der Waals surface area contributed by atoms with Crippen molar-refractivity contribution in [2.75, 3.05) is 0 Å². The van der Waals surface area contributed by atoms with Gasteiger partial charge in [-0.05, 0) is 17.7 Å². The Bertz CT molecular complexity index is 651. The van der Waals surface area contributed by atoms with Crippen molar-refractivity contribution in [3.63, 3.8) is 0 Å². The number of hydrogen-bond donors (Lipinski definition) is 1. The van der Waals surface area contributed by atoms with Crippen LogP contribution in [0, 0.1) is 11.6 Å². The summed E-state index contributed by atoms with van der Waals surface area (Å²) in [6.45, 7) is 0. The van der Waals surface area contributed by atoms with Gasteiger partial charge < -0.3 is 5.73 Å². The molecule has 2 aromatic rings. The molecule has 0 aromatic heterocycles. The lowest BCUT2D eigenvalue weighted by molar-refractivity contribution is -0.114. The highest BCUT2D eigenvalue weighted by Crippen LogP contribution is 2.23. The molecule has 0 aliphatic carbocycles. The van der Waals surface area contributed by atoms with Gasteiger partial charge in [0.1, 0.15) is 11.6 Å². The molecule has 0 bridgehead atoms. The summed E-state index contributed by atoms with van der Waals surface area (Å²) in [6, 6.07) is 8.88. The van der Waals surface area contributed by atoms with Crippen LogP contribution in [-0.4, -0.2) is 11.7 Å². The summed E-state index contributed by atoms with van der Waals surface area (Å²) >= 11 is 0. The monoisotopic (exact) mass is 261 g/mol. The van der Waals surface area contributed by atoms with E-state index in [0.717, 1.165) is 12.1 Å². The molecule has 96 valence electrons. The van der Waals surface area contributed by atoms with Crippen molar-refractivity contribution < 1.29 is 18.4 Å². The lowest BCUT2D eigenvalue weighted by atomic mass is 10.0. The van der Waals surface area contributed by atoms with E-state index in [-0.39, 0.29) is 11.1 Å². The van der Waals surface area contributed by atoms with Gasteiger partial charge in [0.25, 0.3) is 5.91 Å². The van der Waals surface area contributed by atoms with Gasteiger partial charge in [0.2, 0.25) is 5.78 Å². The summed E-state index contributed by atoms with van der Waals surface area (Å²) in [7, 11) is 0. The van der Waals surface area contributed by atoms with E-state index >= 15 is 0 Å². The fraction of sp³-hybridized carbons (Fsp3) is 0. The second kappa shape index (κ2) is 4.97. The van der Waals surface area contributed by atoms with Gasteiger partial charge in [0.05, 0.1) is 0 Å². The van der Waals surface area contributed by atoms with Crippen molar-refractivity contribution in [3.8, 4) is 11.1 Å². The summed E-state index contributed by atoms with van der Waals surface area (Å²) in [5.74, 6) is -3.23. The van der Waals surface area contributed by atoms with E-state index in [9.17, 15) is 18.4 Å². The molecule has 0 fully saturated rings. The van der Waals surface area contributed by atoms with Gasteiger partial charge >= 0.3 is 0 Å². The third-order valence-corrected chi connectivity index (χ3v) is 2.61. The normalized spacial score (nSPS) is 10.2. The van der Waals surface area contributed by atoms with Gasteiger partial charge in [-0.1, -0.05) is 24.3 Å².